The summed E-state index contributed by atoms with van der Waals surface area (Å²) in [6.07, 6.45) is 0.833. The van der Waals surface area contributed by atoms with Crippen LogP contribution in [-0.2, 0) is 20.2 Å². The zero-order valence-electron chi connectivity index (χ0n) is 26.7. The highest BCUT2D eigenvalue weighted by atomic mass is 32.2. The molecular weight excluding hydrogens is 560 g/mol. The molecule has 0 spiro atoms. The molecule has 7 nitrogen and oxygen atoms in total. The number of hydrogen-bond donors (Lipinski definition) is 1. The summed E-state index contributed by atoms with van der Waals surface area (Å²) in [6.45, 7) is 13.3. The van der Waals surface area contributed by atoms with E-state index >= 15 is 0 Å². The van der Waals surface area contributed by atoms with Crippen molar-refractivity contribution in [1.82, 2.24) is 4.72 Å². The van der Waals surface area contributed by atoms with E-state index in [0.717, 1.165) is 33.7 Å². The summed E-state index contributed by atoms with van der Waals surface area (Å²) >= 11 is 0. The van der Waals surface area contributed by atoms with Crippen LogP contribution < -0.4 is 19.1 Å². The lowest BCUT2D eigenvalue weighted by Crippen LogP contribution is -2.53. The summed E-state index contributed by atoms with van der Waals surface area (Å²) < 4.78 is 42.3. The molecule has 1 saturated heterocycles. The third kappa shape index (κ3) is 6.54. The van der Waals surface area contributed by atoms with Crippen molar-refractivity contribution in [3.8, 4) is 11.5 Å². The summed E-state index contributed by atoms with van der Waals surface area (Å²) in [5.41, 5.74) is 3.17. The molecule has 232 valence electrons. The number of piperidine rings is 1. The highest BCUT2D eigenvalue weighted by Gasteiger charge is 2.45. The number of carbonyl (C=O) groups is 1. The molecule has 1 heterocycles. The number of nitrogens with zero attached hydrogens (tertiary/aromatic N) is 1. The van der Waals surface area contributed by atoms with E-state index in [0.29, 0.717) is 31.7 Å². The molecule has 1 N–H and O–H groups in total. The monoisotopic (exact) mass is 606 g/mol. The molecule has 1 amide bonds. The fourth-order valence-corrected chi connectivity index (χ4v) is 7.81. The Labute approximate surface area is 257 Å². The first kappa shape index (κ1) is 32.4. The van der Waals surface area contributed by atoms with E-state index in [4.69, 9.17) is 9.47 Å². The van der Waals surface area contributed by atoms with E-state index in [-0.39, 0.29) is 22.6 Å². The van der Waals surface area contributed by atoms with Crippen LogP contribution in [0.4, 0.5) is 5.69 Å². The van der Waals surface area contributed by atoms with Crippen molar-refractivity contribution in [3.05, 3.63) is 82.9 Å². The minimum absolute atomic E-state index is 0.0469. The molecule has 1 aliphatic rings. The maximum Gasteiger partial charge on any atom is 0.264 e. The summed E-state index contributed by atoms with van der Waals surface area (Å²) in [7, 11) is -0.975. The zero-order valence-corrected chi connectivity index (χ0v) is 27.5. The molecule has 0 bridgehead atoms. The number of carbonyl (C=O) groups excluding carboxylic acids is 1. The molecule has 0 unspecified atom stereocenters. The van der Waals surface area contributed by atoms with Gasteiger partial charge in [0, 0.05) is 13.1 Å². The molecule has 0 aliphatic carbocycles. The lowest BCUT2D eigenvalue weighted by atomic mass is 9.72. The second kappa shape index (κ2) is 13.0. The first-order valence-electron chi connectivity index (χ1n) is 15.1. The highest BCUT2D eigenvalue weighted by molar-refractivity contribution is 7.90. The maximum absolute atomic E-state index is 14.4. The lowest BCUT2D eigenvalue weighted by molar-refractivity contribution is -0.125. The van der Waals surface area contributed by atoms with Crippen LogP contribution in [0.25, 0.3) is 0 Å². The molecule has 0 saturated carbocycles. The van der Waals surface area contributed by atoms with Crippen LogP contribution in [0.15, 0.2) is 65.6 Å². The molecule has 8 heteroatoms. The Balaban J connectivity index is 1.78. The molecule has 4 rings (SSSR count). The zero-order chi connectivity index (χ0) is 31.5. The van der Waals surface area contributed by atoms with Gasteiger partial charge in [-0.1, -0.05) is 77.9 Å². The quantitative estimate of drug-likeness (QED) is 0.265. The second-order valence-corrected chi connectivity index (χ2v) is 14.0. The van der Waals surface area contributed by atoms with E-state index in [1.807, 2.05) is 88.4 Å². The third-order valence-electron chi connectivity index (χ3n) is 8.68. The van der Waals surface area contributed by atoms with Crippen LogP contribution in [0, 0.1) is 0 Å². The SMILES string of the molecule is COc1cccc(C2(C(=O)NS(=O)(=O)c3c(C(C)C)cc(C(C)C)cc3C(C)C)CCN(c3ccccc3OC)CC2)c1. The lowest BCUT2D eigenvalue weighted by Gasteiger charge is -2.42. The minimum Gasteiger partial charge on any atom is -0.497 e. The van der Waals surface area contributed by atoms with Crippen LogP contribution in [0.2, 0.25) is 0 Å². The van der Waals surface area contributed by atoms with Gasteiger partial charge in [0.05, 0.1) is 30.2 Å². The van der Waals surface area contributed by atoms with Crippen molar-refractivity contribution >= 4 is 21.6 Å². The molecule has 1 aliphatic heterocycles. The number of anilines is 1. The molecule has 3 aromatic rings. The van der Waals surface area contributed by atoms with E-state index in [1.165, 1.54) is 0 Å². The Morgan fingerprint density at radius 1 is 0.814 bits per heavy atom. The Hall–Kier alpha value is -3.52. The van der Waals surface area contributed by atoms with E-state index < -0.39 is 21.3 Å². The number of hydrogen-bond acceptors (Lipinski definition) is 6. The van der Waals surface area contributed by atoms with Gasteiger partial charge >= 0.3 is 0 Å². The van der Waals surface area contributed by atoms with Gasteiger partial charge in [0.1, 0.15) is 11.5 Å². The number of ether oxygens (including phenoxy) is 2. The van der Waals surface area contributed by atoms with Gasteiger partial charge in [-0.15, -0.1) is 0 Å². The van der Waals surface area contributed by atoms with Gasteiger partial charge in [-0.3, -0.25) is 4.79 Å². The van der Waals surface area contributed by atoms with Gasteiger partial charge in [-0.2, -0.15) is 0 Å². The first-order chi connectivity index (χ1) is 20.3. The van der Waals surface area contributed by atoms with Gasteiger partial charge in [0.2, 0.25) is 5.91 Å². The second-order valence-electron chi connectivity index (χ2n) is 12.4. The van der Waals surface area contributed by atoms with Gasteiger partial charge in [-0.05, 0) is 77.1 Å². The maximum atomic E-state index is 14.4. The highest BCUT2D eigenvalue weighted by Crippen LogP contribution is 2.41. The molecular formula is C35H46N2O5S. The van der Waals surface area contributed by atoms with Crippen molar-refractivity contribution < 1.29 is 22.7 Å². The van der Waals surface area contributed by atoms with Crippen molar-refractivity contribution in [2.45, 2.75) is 82.4 Å². The van der Waals surface area contributed by atoms with Crippen LogP contribution >= 0.6 is 0 Å². The van der Waals surface area contributed by atoms with Gasteiger partial charge in [0.25, 0.3) is 10.0 Å². The van der Waals surface area contributed by atoms with Crippen molar-refractivity contribution in [3.63, 3.8) is 0 Å². The normalized spacial score (nSPS) is 15.2. The summed E-state index contributed by atoms with van der Waals surface area (Å²) in [6, 6.07) is 19.2. The van der Waals surface area contributed by atoms with Crippen LogP contribution in [0.1, 0.15) is 94.4 Å². The Morgan fingerprint density at radius 2 is 1.42 bits per heavy atom. The number of para-hydroxylation sites is 2. The number of sulfonamides is 1. The fourth-order valence-electron chi connectivity index (χ4n) is 6.06. The smallest absolute Gasteiger partial charge is 0.264 e. The molecule has 1 fully saturated rings. The number of methoxy groups -OCH3 is 2. The third-order valence-corrected chi connectivity index (χ3v) is 10.1. The van der Waals surface area contributed by atoms with Gasteiger partial charge in [-0.25, -0.2) is 13.1 Å². The molecule has 3 aromatic carbocycles. The van der Waals surface area contributed by atoms with Crippen molar-refractivity contribution in [2.24, 2.45) is 0 Å². The molecule has 0 radical (unpaired) electrons. The predicted octanol–water partition coefficient (Wildman–Crippen LogP) is 7.12. The van der Waals surface area contributed by atoms with Gasteiger partial charge in [0.15, 0.2) is 0 Å². The van der Waals surface area contributed by atoms with Crippen LogP contribution in [0.5, 0.6) is 11.5 Å². The van der Waals surface area contributed by atoms with Crippen LogP contribution in [0.3, 0.4) is 0 Å². The number of amides is 1. The predicted molar refractivity (Wildman–Crippen MR) is 173 cm³/mol. The molecule has 0 aromatic heterocycles. The fraction of sp³-hybridized carbons (Fsp3) is 0.457. The Morgan fingerprint density at radius 3 is 1.95 bits per heavy atom. The van der Waals surface area contributed by atoms with Crippen LogP contribution in [-0.4, -0.2) is 41.6 Å². The summed E-state index contributed by atoms with van der Waals surface area (Å²) in [4.78, 5) is 16.9. The molecule has 43 heavy (non-hydrogen) atoms. The molecule has 0 atom stereocenters. The van der Waals surface area contributed by atoms with E-state index in [2.05, 4.69) is 23.5 Å². The summed E-state index contributed by atoms with van der Waals surface area (Å²) in [5, 5.41) is 0. The average molecular weight is 607 g/mol. The average Bonchev–Trinajstić information content (AvgIpc) is 3.00. The topological polar surface area (TPSA) is 84.9 Å². The van der Waals surface area contributed by atoms with Crippen molar-refractivity contribution in [1.29, 1.82) is 0 Å². The Bertz CT molecular complexity index is 1520. The Kier molecular flexibility index (Phi) is 9.79. The van der Waals surface area contributed by atoms with E-state index in [9.17, 15) is 13.2 Å². The summed E-state index contributed by atoms with van der Waals surface area (Å²) in [5.74, 6) is 1.01. The minimum atomic E-state index is -4.21. The largest absolute Gasteiger partial charge is 0.497 e. The standard InChI is InChI=1S/C35H46N2O5S/c1-23(2)26-20-29(24(3)4)33(30(21-26)25(5)6)43(39,40)36-34(38)35(27-12-11-13-28(22-27)41-7)16-18-37(19-17-35)31-14-9-10-15-32(31)42-8/h9-15,20-25H,16-19H2,1-8H3,(H,36,38). The number of nitrogens with one attached hydrogen (secondary N) is 1. The first-order valence-corrected chi connectivity index (χ1v) is 16.6. The van der Waals surface area contributed by atoms with Crippen molar-refractivity contribution in [2.75, 3.05) is 32.2 Å². The van der Waals surface area contributed by atoms with E-state index in [1.54, 1.807) is 14.2 Å². The van der Waals surface area contributed by atoms with Gasteiger partial charge < -0.3 is 14.4 Å². The number of benzene rings is 3. The number of rotatable bonds is 10.